The Kier molecular flexibility index (Phi) is 4.58. The Labute approximate surface area is 91.5 Å². The number of aliphatic carboxylic acids is 1. The van der Waals surface area contributed by atoms with E-state index in [4.69, 9.17) is 5.11 Å². The zero-order valence-corrected chi connectivity index (χ0v) is 9.54. The maximum Gasteiger partial charge on any atom is 0.309 e. The summed E-state index contributed by atoms with van der Waals surface area (Å²) < 4.78 is 0. The van der Waals surface area contributed by atoms with Gasteiger partial charge in [-0.15, -0.1) is 0 Å². The minimum Gasteiger partial charge on any atom is -0.481 e. The highest BCUT2D eigenvalue weighted by atomic mass is 16.4. The molecule has 0 spiro atoms. The third kappa shape index (κ3) is 3.49. The number of aliphatic hydroxyl groups excluding tert-OH is 1. The first-order valence-corrected chi connectivity index (χ1v) is 5.98. The van der Waals surface area contributed by atoms with Gasteiger partial charge in [-0.05, 0) is 39.0 Å². The molecule has 2 N–H and O–H groups in total. The molecule has 0 aliphatic heterocycles. The second-order valence-corrected chi connectivity index (χ2v) is 4.89. The molecule has 0 amide bonds. The molecular weight excluding hydrogens is 192 g/mol. The molecule has 0 aromatic heterocycles. The van der Waals surface area contributed by atoms with Crippen LogP contribution in [0.5, 0.6) is 0 Å². The Morgan fingerprint density at radius 1 is 1.33 bits per heavy atom. The SMILES string of the molecule is CC(O)CCCC1(C(=O)O)CCCCC1. The number of aliphatic hydroxyl groups is 1. The van der Waals surface area contributed by atoms with E-state index in [1.807, 2.05) is 0 Å². The highest BCUT2D eigenvalue weighted by Crippen LogP contribution is 2.40. The molecule has 1 aliphatic carbocycles. The summed E-state index contributed by atoms with van der Waals surface area (Å²) in [6.07, 6.45) is 6.86. The van der Waals surface area contributed by atoms with Crippen molar-refractivity contribution < 1.29 is 15.0 Å². The van der Waals surface area contributed by atoms with Crippen molar-refractivity contribution in [3.8, 4) is 0 Å². The van der Waals surface area contributed by atoms with E-state index in [1.165, 1.54) is 6.42 Å². The molecule has 1 rings (SSSR count). The number of hydrogen-bond acceptors (Lipinski definition) is 2. The number of hydrogen-bond donors (Lipinski definition) is 2. The Morgan fingerprint density at radius 3 is 2.40 bits per heavy atom. The molecule has 15 heavy (non-hydrogen) atoms. The van der Waals surface area contributed by atoms with Gasteiger partial charge in [0, 0.05) is 0 Å². The standard InChI is InChI=1S/C12H22O3/c1-10(13)6-5-9-12(11(14)15)7-3-2-4-8-12/h10,13H,2-9H2,1H3,(H,14,15). The lowest BCUT2D eigenvalue weighted by Crippen LogP contribution is -2.33. The van der Waals surface area contributed by atoms with Crippen LogP contribution in [0.3, 0.4) is 0 Å². The Bertz CT molecular complexity index is 205. The van der Waals surface area contributed by atoms with Crippen molar-refractivity contribution >= 4 is 5.97 Å². The predicted molar refractivity (Wildman–Crippen MR) is 58.7 cm³/mol. The van der Waals surface area contributed by atoms with Crippen molar-refractivity contribution in [3.05, 3.63) is 0 Å². The first-order valence-electron chi connectivity index (χ1n) is 5.98. The van der Waals surface area contributed by atoms with Gasteiger partial charge in [0.2, 0.25) is 0 Å². The molecule has 0 bridgehead atoms. The molecule has 1 aliphatic rings. The van der Waals surface area contributed by atoms with E-state index in [-0.39, 0.29) is 6.10 Å². The lowest BCUT2D eigenvalue weighted by atomic mass is 9.71. The quantitative estimate of drug-likeness (QED) is 0.739. The van der Waals surface area contributed by atoms with E-state index in [0.29, 0.717) is 0 Å². The Hall–Kier alpha value is -0.570. The topological polar surface area (TPSA) is 57.5 Å². The van der Waals surface area contributed by atoms with Crippen LogP contribution < -0.4 is 0 Å². The average Bonchev–Trinajstić information content (AvgIpc) is 2.18. The molecule has 1 atom stereocenters. The van der Waals surface area contributed by atoms with E-state index >= 15 is 0 Å². The van der Waals surface area contributed by atoms with E-state index in [2.05, 4.69) is 0 Å². The molecule has 1 unspecified atom stereocenters. The maximum atomic E-state index is 11.3. The van der Waals surface area contributed by atoms with Crippen molar-refractivity contribution in [1.29, 1.82) is 0 Å². The molecule has 0 heterocycles. The van der Waals surface area contributed by atoms with Crippen LogP contribution in [0.4, 0.5) is 0 Å². The smallest absolute Gasteiger partial charge is 0.309 e. The maximum absolute atomic E-state index is 11.3. The van der Waals surface area contributed by atoms with Gasteiger partial charge < -0.3 is 10.2 Å². The summed E-state index contributed by atoms with van der Waals surface area (Å²) in [6, 6.07) is 0. The first-order chi connectivity index (χ1) is 7.07. The van der Waals surface area contributed by atoms with Crippen molar-refractivity contribution in [1.82, 2.24) is 0 Å². The Balaban J connectivity index is 2.46. The van der Waals surface area contributed by atoms with Gasteiger partial charge in [-0.2, -0.15) is 0 Å². The highest BCUT2D eigenvalue weighted by Gasteiger charge is 2.38. The van der Waals surface area contributed by atoms with Crippen LogP contribution in [-0.2, 0) is 4.79 Å². The normalized spacial score (nSPS) is 22.3. The monoisotopic (exact) mass is 214 g/mol. The van der Waals surface area contributed by atoms with E-state index in [0.717, 1.165) is 44.9 Å². The molecule has 1 fully saturated rings. The molecule has 88 valence electrons. The minimum absolute atomic E-state index is 0.306. The van der Waals surface area contributed by atoms with Crippen LogP contribution in [0.1, 0.15) is 58.3 Å². The van der Waals surface area contributed by atoms with Gasteiger partial charge in [0.1, 0.15) is 0 Å². The number of rotatable bonds is 5. The number of carboxylic acids is 1. The Morgan fingerprint density at radius 2 is 1.93 bits per heavy atom. The predicted octanol–water partition coefficient (Wildman–Crippen LogP) is 2.57. The van der Waals surface area contributed by atoms with Crippen molar-refractivity contribution in [3.63, 3.8) is 0 Å². The minimum atomic E-state index is -0.632. The van der Waals surface area contributed by atoms with Gasteiger partial charge in [-0.1, -0.05) is 19.3 Å². The molecule has 0 radical (unpaired) electrons. The number of carbonyl (C=O) groups is 1. The summed E-state index contributed by atoms with van der Waals surface area (Å²) in [5.41, 5.74) is -0.479. The molecule has 0 aromatic carbocycles. The lowest BCUT2D eigenvalue weighted by molar-refractivity contribution is -0.151. The molecule has 0 aromatic rings. The first kappa shape index (κ1) is 12.5. The van der Waals surface area contributed by atoms with Gasteiger partial charge in [-0.25, -0.2) is 0 Å². The average molecular weight is 214 g/mol. The molecule has 1 saturated carbocycles. The van der Waals surface area contributed by atoms with Crippen molar-refractivity contribution in [2.45, 2.75) is 64.4 Å². The van der Waals surface area contributed by atoms with E-state index < -0.39 is 11.4 Å². The zero-order chi connectivity index (χ0) is 11.3. The molecular formula is C12H22O3. The van der Waals surface area contributed by atoms with Gasteiger partial charge in [0.25, 0.3) is 0 Å². The highest BCUT2D eigenvalue weighted by molar-refractivity contribution is 5.74. The van der Waals surface area contributed by atoms with Gasteiger partial charge >= 0.3 is 5.97 Å². The summed E-state index contributed by atoms with van der Waals surface area (Å²) in [5.74, 6) is -0.632. The van der Waals surface area contributed by atoms with Crippen LogP contribution in [0.15, 0.2) is 0 Å². The summed E-state index contributed by atoms with van der Waals surface area (Å²) in [5, 5.41) is 18.4. The summed E-state index contributed by atoms with van der Waals surface area (Å²) in [4.78, 5) is 11.3. The fourth-order valence-corrected chi connectivity index (χ4v) is 2.54. The van der Waals surface area contributed by atoms with E-state index in [1.54, 1.807) is 6.92 Å². The lowest BCUT2D eigenvalue weighted by Gasteiger charge is -2.33. The molecule has 0 saturated heterocycles. The van der Waals surface area contributed by atoms with Crippen molar-refractivity contribution in [2.24, 2.45) is 5.41 Å². The number of carboxylic acid groups (broad SMARTS) is 1. The van der Waals surface area contributed by atoms with Crippen LogP contribution in [-0.4, -0.2) is 22.3 Å². The molecule has 3 nitrogen and oxygen atoms in total. The van der Waals surface area contributed by atoms with Gasteiger partial charge in [-0.3, -0.25) is 4.79 Å². The summed E-state index contributed by atoms with van der Waals surface area (Å²) in [7, 11) is 0. The fourth-order valence-electron chi connectivity index (χ4n) is 2.54. The fraction of sp³-hybridized carbons (Fsp3) is 0.917. The van der Waals surface area contributed by atoms with Crippen LogP contribution >= 0.6 is 0 Å². The second kappa shape index (κ2) is 5.50. The second-order valence-electron chi connectivity index (χ2n) is 4.89. The van der Waals surface area contributed by atoms with E-state index in [9.17, 15) is 9.90 Å². The zero-order valence-electron chi connectivity index (χ0n) is 9.54. The largest absolute Gasteiger partial charge is 0.481 e. The summed E-state index contributed by atoms with van der Waals surface area (Å²) in [6.45, 7) is 1.76. The molecule has 3 heteroatoms. The van der Waals surface area contributed by atoms with Crippen LogP contribution in [0, 0.1) is 5.41 Å². The third-order valence-electron chi connectivity index (χ3n) is 3.54. The van der Waals surface area contributed by atoms with Gasteiger partial charge in [0.05, 0.1) is 11.5 Å². The van der Waals surface area contributed by atoms with Crippen molar-refractivity contribution in [2.75, 3.05) is 0 Å². The third-order valence-corrected chi connectivity index (χ3v) is 3.54. The van der Waals surface area contributed by atoms with Gasteiger partial charge in [0.15, 0.2) is 0 Å². The summed E-state index contributed by atoms with van der Waals surface area (Å²) >= 11 is 0. The van der Waals surface area contributed by atoms with Crippen LogP contribution in [0.25, 0.3) is 0 Å². The van der Waals surface area contributed by atoms with Crippen LogP contribution in [0.2, 0.25) is 0 Å².